The molecular formula is C9H8BrN3O. The number of H-pyrrole nitrogens is 1. The predicted octanol–water partition coefficient (Wildman–Crippen LogP) is 2.28. The maximum absolute atomic E-state index is 10.9. The number of aromatic amines is 1. The second-order valence-electron chi connectivity index (χ2n) is 2.94. The first-order valence-electron chi connectivity index (χ1n) is 4.08. The molecule has 0 aliphatic carbocycles. The maximum Gasteiger partial charge on any atom is 0.222 e. The van der Waals surface area contributed by atoms with Crippen molar-refractivity contribution in [3.63, 3.8) is 0 Å². The molecule has 0 saturated carbocycles. The molecule has 1 aromatic carbocycles. The minimum atomic E-state index is -0.127. The van der Waals surface area contributed by atoms with Crippen molar-refractivity contribution in [2.45, 2.75) is 6.92 Å². The number of fused-ring (bicyclic) bond motifs is 1. The van der Waals surface area contributed by atoms with Crippen LogP contribution < -0.4 is 5.32 Å². The number of rotatable bonds is 1. The van der Waals surface area contributed by atoms with Crippen LogP contribution in [0.5, 0.6) is 0 Å². The molecular weight excluding hydrogens is 246 g/mol. The minimum absolute atomic E-state index is 0.127. The molecule has 1 heterocycles. The van der Waals surface area contributed by atoms with Crippen LogP contribution in [-0.2, 0) is 4.79 Å². The zero-order valence-electron chi connectivity index (χ0n) is 7.47. The molecule has 1 amide bonds. The Morgan fingerprint density at radius 3 is 3.07 bits per heavy atom. The molecule has 0 saturated heterocycles. The highest BCUT2D eigenvalue weighted by Crippen LogP contribution is 2.23. The van der Waals surface area contributed by atoms with Gasteiger partial charge >= 0.3 is 0 Å². The number of carbonyl (C=O) groups is 1. The van der Waals surface area contributed by atoms with Gasteiger partial charge in [0.1, 0.15) is 0 Å². The van der Waals surface area contributed by atoms with Crippen LogP contribution in [0.2, 0.25) is 0 Å². The van der Waals surface area contributed by atoms with Gasteiger partial charge in [0.2, 0.25) is 5.91 Å². The van der Waals surface area contributed by atoms with Crippen molar-refractivity contribution < 1.29 is 4.79 Å². The quantitative estimate of drug-likeness (QED) is 0.820. The molecule has 2 N–H and O–H groups in total. The van der Waals surface area contributed by atoms with Gasteiger partial charge in [-0.05, 0) is 18.2 Å². The van der Waals surface area contributed by atoms with E-state index < -0.39 is 0 Å². The van der Waals surface area contributed by atoms with Crippen LogP contribution in [0.1, 0.15) is 6.92 Å². The fourth-order valence-corrected chi connectivity index (χ4v) is 1.61. The summed E-state index contributed by atoms with van der Waals surface area (Å²) in [5.41, 5.74) is 0.900. The maximum atomic E-state index is 10.9. The summed E-state index contributed by atoms with van der Waals surface area (Å²) in [7, 11) is 0. The molecule has 0 aliphatic heterocycles. The van der Waals surface area contributed by atoms with E-state index >= 15 is 0 Å². The van der Waals surface area contributed by atoms with Crippen molar-refractivity contribution in [1.29, 1.82) is 0 Å². The fraction of sp³-hybridized carbons (Fsp3) is 0.111. The summed E-state index contributed by atoms with van der Waals surface area (Å²) in [6.07, 6.45) is 0. The molecule has 0 aliphatic rings. The van der Waals surface area contributed by atoms with Gasteiger partial charge in [0.05, 0.1) is 5.52 Å². The predicted molar refractivity (Wildman–Crippen MR) is 58.1 cm³/mol. The number of benzene rings is 1. The first-order valence-corrected chi connectivity index (χ1v) is 4.87. The van der Waals surface area contributed by atoms with Gasteiger partial charge in [-0.1, -0.05) is 15.9 Å². The SMILES string of the molecule is CC(=O)Nc1n[nH]c2ccc(Br)cc12. The summed E-state index contributed by atoms with van der Waals surface area (Å²) < 4.78 is 0.956. The Labute approximate surface area is 88.8 Å². The van der Waals surface area contributed by atoms with Crippen molar-refractivity contribution in [3.05, 3.63) is 22.7 Å². The van der Waals surface area contributed by atoms with E-state index in [1.165, 1.54) is 6.92 Å². The van der Waals surface area contributed by atoms with Crippen LogP contribution in [0.4, 0.5) is 5.82 Å². The summed E-state index contributed by atoms with van der Waals surface area (Å²) in [5.74, 6) is 0.437. The number of hydrogen-bond acceptors (Lipinski definition) is 2. The summed E-state index contributed by atoms with van der Waals surface area (Å²) in [5, 5.41) is 10.4. The molecule has 72 valence electrons. The number of amides is 1. The molecule has 2 rings (SSSR count). The largest absolute Gasteiger partial charge is 0.309 e. The molecule has 0 atom stereocenters. The Kier molecular flexibility index (Phi) is 2.25. The third-order valence-electron chi connectivity index (χ3n) is 1.82. The zero-order chi connectivity index (χ0) is 10.1. The van der Waals surface area contributed by atoms with E-state index in [0.29, 0.717) is 5.82 Å². The van der Waals surface area contributed by atoms with Gasteiger partial charge in [-0.25, -0.2) is 0 Å². The summed E-state index contributed by atoms with van der Waals surface area (Å²) in [6.45, 7) is 1.46. The van der Waals surface area contributed by atoms with E-state index in [-0.39, 0.29) is 5.91 Å². The fourth-order valence-electron chi connectivity index (χ4n) is 1.25. The van der Waals surface area contributed by atoms with Crippen molar-refractivity contribution in [2.24, 2.45) is 0 Å². The van der Waals surface area contributed by atoms with Crippen molar-refractivity contribution in [3.8, 4) is 0 Å². The lowest BCUT2D eigenvalue weighted by Crippen LogP contribution is -2.06. The van der Waals surface area contributed by atoms with Crippen LogP contribution >= 0.6 is 15.9 Å². The number of carbonyl (C=O) groups excluding carboxylic acids is 1. The molecule has 0 fully saturated rings. The lowest BCUT2D eigenvalue weighted by molar-refractivity contribution is -0.114. The highest BCUT2D eigenvalue weighted by Gasteiger charge is 2.06. The third-order valence-corrected chi connectivity index (χ3v) is 2.31. The topological polar surface area (TPSA) is 57.8 Å². The Morgan fingerprint density at radius 1 is 1.57 bits per heavy atom. The van der Waals surface area contributed by atoms with Gasteiger partial charge in [0.15, 0.2) is 5.82 Å². The van der Waals surface area contributed by atoms with Crippen LogP contribution in [0, 0.1) is 0 Å². The second-order valence-corrected chi connectivity index (χ2v) is 3.86. The van der Waals surface area contributed by atoms with Gasteiger partial charge in [-0.3, -0.25) is 9.89 Å². The lowest BCUT2D eigenvalue weighted by atomic mass is 10.2. The Bertz CT molecular complexity index is 492. The number of halogens is 1. The Hall–Kier alpha value is -1.36. The molecule has 0 bridgehead atoms. The molecule has 4 nitrogen and oxygen atoms in total. The van der Waals surface area contributed by atoms with Gasteiger partial charge in [0, 0.05) is 16.8 Å². The van der Waals surface area contributed by atoms with Crippen LogP contribution in [0.3, 0.4) is 0 Å². The Balaban J connectivity index is 2.55. The highest BCUT2D eigenvalue weighted by atomic mass is 79.9. The second kappa shape index (κ2) is 3.42. The van der Waals surface area contributed by atoms with Gasteiger partial charge < -0.3 is 5.32 Å². The molecule has 1 aromatic heterocycles. The average molecular weight is 254 g/mol. The van der Waals surface area contributed by atoms with Crippen molar-refractivity contribution in [1.82, 2.24) is 10.2 Å². The van der Waals surface area contributed by atoms with Gasteiger partial charge in [-0.15, -0.1) is 0 Å². The molecule has 0 radical (unpaired) electrons. The van der Waals surface area contributed by atoms with Crippen LogP contribution in [0.25, 0.3) is 10.9 Å². The van der Waals surface area contributed by atoms with Crippen LogP contribution in [-0.4, -0.2) is 16.1 Å². The first-order chi connectivity index (χ1) is 6.66. The smallest absolute Gasteiger partial charge is 0.222 e. The third kappa shape index (κ3) is 1.63. The number of aromatic nitrogens is 2. The standard InChI is InChI=1S/C9H8BrN3O/c1-5(14)11-9-7-4-6(10)2-3-8(7)12-13-9/h2-4H,1H3,(H2,11,12,13,14). The number of anilines is 1. The van der Waals surface area contributed by atoms with Gasteiger partial charge in [0.25, 0.3) is 0 Å². The average Bonchev–Trinajstić information content (AvgIpc) is 2.47. The van der Waals surface area contributed by atoms with E-state index in [9.17, 15) is 4.79 Å². The molecule has 0 spiro atoms. The van der Waals surface area contributed by atoms with E-state index in [0.717, 1.165) is 15.4 Å². The van der Waals surface area contributed by atoms with E-state index in [1.54, 1.807) is 0 Å². The zero-order valence-corrected chi connectivity index (χ0v) is 9.05. The van der Waals surface area contributed by atoms with E-state index in [1.807, 2.05) is 18.2 Å². The first kappa shape index (κ1) is 9.21. The van der Waals surface area contributed by atoms with Crippen LogP contribution in [0.15, 0.2) is 22.7 Å². The van der Waals surface area contributed by atoms with E-state index in [2.05, 4.69) is 31.4 Å². The highest BCUT2D eigenvalue weighted by molar-refractivity contribution is 9.10. The number of nitrogens with zero attached hydrogens (tertiary/aromatic N) is 1. The van der Waals surface area contributed by atoms with Gasteiger partial charge in [-0.2, -0.15) is 5.10 Å². The Morgan fingerprint density at radius 2 is 2.36 bits per heavy atom. The minimum Gasteiger partial charge on any atom is -0.309 e. The van der Waals surface area contributed by atoms with E-state index in [4.69, 9.17) is 0 Å². The van der Waals surface area contributed by atoms with Crippen molar-refractivity contribution in [2.75, 3.05) is 5.32 Å². The molecule has 0 unspecified atom stereocenters. The normalized spacial score (nSPS) is 10.4. The summed E-state index contributed by atoms with van der Waals surface area (Å²) >= 11 is 3.36. The molecule has 14 heavy (non-hydrogen) atoms. The van der Waals surface area contributed by atoms with Crippen molar-refractivity contribution >= 4 is 38.6 Å². The summed E-state index contributed by atoms with van der Waals surface area (Å²) in [4.78, 5) is 10.9. The number of nitrogens with one attached hydrogen (secondary N) is 2. The lowest BCUT2D eigenvalue weighted by Gasteiger charge is -1.96. The molecule has 5 heteroatoms. The molecule has 2 aromatic rings. The number of hydrogen-bond donors (Lipinski definition) is 2. The summed E-state index contributed by atoms with van der Waals surface area (Å²) in [6, 6.07) is 5.72. The monoisotopic (exact) mass is 253 g/mol.